The molecule has 1 heterocycles. The van der Waals surface area contributed by atoms with Crippen LogP contribution in [0.2, 0.25) is 0 Å². The van der Waals surface area contributed by atoms with Gasteiger partial charge in [0, 0.05) is 22.7 Å². The number of rotatable bonds is 3. The molecule has 22 heavy (non-hydrogen) atoms. The Balaban J connectivity index is 2.36. The molecule has 0 saturated carbocycles. The second-order valence-corrected chi connectivity index (χ2v) is 8.17. The van der Waals surface area contributed by atoms with E-state index in [0.717, 1.165) is 29.7 Å². The second kappa shape index (κ2) is 6.15. The number of Topliss-reactive ketones (excluding diaryl/α,β-unsaturated/α-hetero) is 1. The lowest BCUT2D eigenvalue weighted by molar-refractivity contribution is -0.126. The lowest BCUT2D eigenvalue weighted by Crippen LogP contribution is -2.42. The zero-order chi connectivity index (χ0) is 16.7. The minimum Gasteiger partial charge on any atom is -0.309 e. The van der Waals surface area contributed by atoms with Crippen LogP contribution < -0.4 is 4.90 Å². The summed E-state index contributed by atoms with van der Waals surface area (Å²) in [5, 5.41) is 0. The summed E-state index contributed by atoms with van der Waals surface area (Å²) in [5.41, 5.74) is 2.35. The van der Waals surface area contributed by atoms with Crippen molar-refractivity contribution in [1.29, 1.82) is 0 Å². The summed E-state index contributed by atoms with van der Waals surface area (Å²) in [6, 6.07) is 5.85. The maximum absolute atomic E-state index is 12.7. The van der Waals surface area contributed by atoms with E-state index in [2.05, 4.69) is 22.9 Å². The molecule has 0 aliphatic carbocycles. The Hall–Kier alpha value is -1.16. The number of hydrogen-bond acceptors (Lipinski definition) is 2. The monoisotopic (exact) mass is 365 g/mol. The lowest BCUT2D eigenvalue weighted by atomic mass is 9.94. The Morgan fingerprint density at radius 3 is 2.55 bits per heavy atom. The smallest absolute Gasteiger partial charge is 0.232 e. The maximum Gasteiger partial charge on any atom is 0.232 e. The number of nitrogens with zero attached hydrogens (tertiary/aromatic N) is 1. The molecule has 0 N–H and O–H groups in total. The van der Waals surface area contributed by atoms with Crippen LogP contribution in [0.3, 0.4) is 0 Å². The van der Waals surface area contributed by atoms with Crippen LogP contribution in [0.1, 0.15) is 57.0 Å². The van der Waals surface area contributed by atoms with Gasteiger partial charge in [0.15, 0.2) is 5.78 Å². The summed E-state index contributed by atoms with van der Waals surface area (Å²) < 4.78 is 0. The predicted molar refractivity (Wildman–Crippen MR) is 93.9 cm³/mol. The van der Waals surface area contributed by atoms with Crippen LogP contribution in [0.15, 0.2) is 18.2 Å². The third kappa shape index (κ3) is 3.12. The Morgan fingerprint density at radius 2 is 2.00 bits per heavy atom. The molecule has 0 spiro atoms. The van der Waals surface area contributed by atoms with Crippen LogP contribution in [0.25, 0.3) is 0 Å². The zero-order valence-corrected chi connectivity index (χ0v) is 15.5. The summed E-state index contributed by atoms with van der Waals surface area (Å²) in [5.74, 6) is 0.239. The highest BCUT2D eigenvalue weighted by Crippen LogP contribution is 2.36. The van der Waals surface area contributed by atoms with Crippen molar-refractivity contribution < 1.29 is 9.59 Å². The minimum atomic E-state index is -0.409. The number of hydrogen-bond donors (Lipinski definition) is 0. The lowest BCUT2D eigenvalue weighted by Gasteiger charge is -2.29. The fraction of sp³-hybridized carbons (Fsp3) is 0.556. The third-order valence-corrected chi connectivity index (χ3v) is 5.15. The van der Waals surface area contributed by atoms with Crippen molar-refractivity contribution >= 4 is 33.3 Å². The number of halogens is 1. The Kier molecular flexibility index (Phi) is 4.81. The number of ketones is 1. The molecule has 2 rings (SSSR count). The molecule has 1 aliphatic heterocycles. The van der Waals surface area contributed by atoms with E-state index in [1.807, 2.05) is 50.8 Å². The molecule has 1 amide bonds. The molecule has 1 aromatic carbocycles. The normalized spacial score (nSPS) is 19.0. The SMILES string of the molecule is CCC(Br)C(=O)c1ccc2c(c1)CC(C)N2C(=O)C(C)(C)C. The van der Waals surface area contributed by atoms with Crippen molar-refractivity contribution in [2.24, 2.45) is 5.41 Å². The van der Waals surface area contributed by atoms with Crippen molar-refractivity contribution in [3.05, 3.63) is 29.3 Å². The minimum absolute atomic E-state index is 0.110. The first kappa shape index (κ1) is 17.2. The van der Waals surface area contributed by atoms with Crippen LogP contribution in [-0.2, 0) is 11.2 Å². The van der Waals surface area contributed by atoms with Crippen LogP contribution >= 0.6 is 15.9 Å². The van der Waals surface area contributed by atoms with Gasteiger partial charge in [-0.3, -0.25) is 9.59 Å². The van der Waals surface area contributed by atoms with Crippen molar-refractivity contribution in [3.63, 3.8) is 0 Å². The standard InChI is InChI=1S/C18H24BrNO2/c1-6-14(19)16(21)12-7-8-15-13(10-12)9-11(2)20(15)17(22)18(3,4)5/h7-8,10-11,14H,6,9H2,1-5H3. The van der Waals surface area contributed by atoms with Crippen LogP contribution in [0.5, 0.6) is 0 Å². The number of benzene rings is 1. The van der Waals surface area contributed by atoms with E-state index in [0.29, 0.717) is 0 Å². The van der Waals surface area contributed by atoms with E-state index in [9.17, 15) is 9.59 Å². The van der Waals surface area contributed by atoms with Crippen molar-refractivity contribution in [3.8, 4) is 0 Å². The number of carbonyl (C=O) groups excluding carboxylic acids is 2. The van der Waals surface area contributed by atoms with Gasteiger partial charge in [0.25, 0.3) is 0 Å². The molecule has 2 atom stereocenters. The predicted octanol–water partition coefficient (Wildman–Crippen LogP) is 4.37. The Morgan fingerprint density at radius 1 is 1.36 bits per heavy atom. The van der Waals surface area contributed by atoms with Crippen molar-refractivity contribution in [1.82, 2.24) is 0 Å². The zero-order valence-electron chi connectivity index (χ0n) is 13.9. The number of alkyl halides is 1. The van der Waals surface area contributed by atoms with Gasteiger partial charge in [-0.2, -0.15) is 0 Å². The molecule has 120 valence electrons. The van der Waals surface area contributed by atoms with E-state index in [4.69, 9.17) is 0 Å². The van der Waals surface area contributed by atoms with Gasteiger partial charge in [-0.25, -0.2) is 0 Å². The molecule has 0 saturated heterocycles. The quantitative estimate of drug-likeness (QED) is 0.589. The van der Waals surface area contributed by atoms with E-state index in [-0.39, 0.29) is 22.6 Å². The summed E-state index contributed by atoms with van der Waals surface area (Å²) in [6.45, 7) is 9.86. The van der Waals surface area contributed by atoms with Crippen molar-refractivity contribution in [2.75, 3.05) is 4.90 Å². The summed E-state index contributed by atoms with van der Waals surface area (Å²) in [4.78, 5) is 26.7. The summed E-state index contributed by atoms with van der Waals surface area (Å²) >= 11 is 3.42. The third-order valence-electron chi connectivity index (χ3n) is 4.08. The first-order valence-electron chi connectivity index (χ1n) is 7.81. The fourth-order valence-electron chi connectivity index (χ4n) is 2.82. The average molecular weight is 366 g/mol. The van der Waals surface area contributed by atoms with E-state index >= 15 is 0 Å². The van der Waals surface area contributed by atoms with E-state index in [1.54, 1.807) is 0 Å². The number of amides is 1. The molecule has 1 aliphatic rings. The first-order chi connectivity index (χ1) is 10.2. The van der Waals surface area contributed by atoms with Gasteiger partial charge in [-0.1, -0.05) is 43.6 Å². The van der Waals surface area contributed by atoms with Gasteiger partial charge in [0.1, 0.15) is 0 Å². The Bertz CT molecular complexity index is 604. The van der Waals surface area contributed by atoms with E-state index < -0.39 is 5.41 Å². The van der Waals surface area contributed by atoms with Gasteiger partial charge < -0.3 is 4.90 Å². The van der Waals surface area contributed by atoms with Crippen LogP contribution in [0.4, 0.5) is 5.69 Å². The van der Waals surface area contributed by atoms with Crippen molar-refractivity contribution in [2.45, 2.75) is 58.3 Å². The average Bonchev–Trinajstić information content (AvgIpc) is 2.78. The fourth-order valence-corrected chi connectivity index (χ4v) is 3.09. The van der Waals surface area contributed by atoms with Gasteiger partial charge in [-0.05, 0) is 43.5 Å². The highest BCUT2D eigenvalue weighted by molar-refractivity contribution is 9.10. The van der Waals surface area contributed by atoms with Gasteiger partial charge in [0.05, 0.1) is 4.83 Å². The van der Waals surface area contributed by atoms with Crippen LogP contribution in [0, 0.1) is 5.41 Å². The maximum atomic E-state index is 12.7. The molecule has 0 fully saturated rings. The second-order valence-electron chi connectivity index (χ2n) is 7.06. The van der Waals surface area contributed by atoms with Gasteiger partial charge >= 0.3 is 0 Å². The van der Waals surface area contributed by atoms with Gasteiger partial charge in [-0.15, -0.1) is 0 Å². The Labute approximate surface area is 141 Å². The molecular formula is C18H24BrNO2. The molecule has 2 unspecified atom stereocenters. The number of carbonyl (C=O) groups is 2. The summed E-state index contributed by atoms with van der Waals surface area (Å²) in [6.07, 6.45) is 1.57. The van der Waals surface area contributed by atoms with Gasteiger partial charge in [0.2, 0.25) is 5.91 Å². The highest BCUT2D eigenvalue weighted by atomic mass is 79.9. The summed E-state index contributed by atoms with van der Waals surface area (Å²) in [7, 11) is 0. The molecular weight excluding hydrogens is 342 g/mol. The topological polar surface area (TPSA) is 37.4 Å². The molecule has 0 aromatic heterocycles. The van der Waals surface area contributed by atoms with E-state index in [1.165, 1.54) is 0 Å². The highest BCUT2D eigenvalue weighted by Gasteiger charge is 2.36. The number of fused-ring (bicyclic) bond motifs is 1. The first-order valence-corrected chi connectivity index (χ1v) is 8.73. The number of anilines is 1. The molecule has 0 radical (unpaired) electrons. The molecule has 3 nitrogen and oxygen atoms in total. The molecule has 4 heteroatoms. The molecule has 0 bridgehead atoms. The molecule has 1 aromatic rings. The van der Waals surface area contributed by atoms with Crippen LogP contribution in [-0.4, -0.2) is 22.6 Å². The largest absolute Gasteiger partial charge is 0.309 e.